The van der Waals surface area contributed by atoms with Crippen LogP contribution in [0.5, 0.6) is 0 Å². The van der Waals surface area contributed by atoms with Gasteiger partial charge >= 0.3 is 0 Å². The molecule has 1 aromatic heterocycles. The number of hydrogen-bond acceptors (Lipinski definition) is 6. The number of hydrogen-bond donors (Lipinski definition) is 2. The molecule has 8 heteroatoms. The normalized spacial score (nSPS) is 10.5. The molecule has 2 rings (SSSR count). The average molecular weight is 379 g/mol. The Morgan fingerprint density at radius 2 is 1.96 bits per heavy atom. The summed E-state index contributed by atoms with van der Waals surface area (Å²) in [5, 5.41) is 14.0. The van der Waals surface area contributed by atoms with Crippen molar-refractivity contribution in [2.24, 2.45) is 0 Å². The number of carbonyl (C=O) groups excluding carboxylic acids is 2. The number of carbonyl (C=O) groups is 2. The van der Waals surface area contributed by atoms with Gasteiger partial charge in [0.25, 0.3) is 0 Å². The number of rotatable bonds is 8. The van der Waals surface area contributed by atoms with Gasteiger partial charge in [-0.15, -0.1) is 10.2 Å². The number of nitrogens with one attached hydrogen (secondary N) is 2. The van der Waals surface area contributed by atoms with E-state index in [2.05, 4.69) is 20.8 Å². The van der Waals surface area contributed by atoms with Gasteiger partial charge in [0.05, 0.1) is 5.75 Å². The summed E-state index contributed by atoms with van der Waals surface area (Å²) >= 11 is 2.58. The zero-order valence-electron chi connectivity index (χ0n) is 14.6. The second-order valence-corrected chi connectivity index (χ2v) is 7.81. The largest absolute Gasteiger partial charge is 0.325 e. The average Bonchev–Trinajstić information content (AvgIpc) is 3.02. The third kappa shape index (κ3) is 6.13. The third-order valence-electron chi connectivity index (χ3n) is 3.62. The Bertz CT molecular complexity index is 746. The fraction of sp³-hybridized carbons (Fsp3) is 0.412. The van der Waals surface area contributed by atoms with E-state index in [4.69, 9.17) is 0 Å². The van der Waals surface area contributed by atoms with Crippen molar-refractivity contribution in [1.29, 1.82) is 0 Å². The summed E-state index contributed by atoms with van der Waals surface area (Å²) in [4.78, 5) is 23.8. The molecule has 0 atom stereocenters. The molecular formula is C17H22N4O2S2. The Balaban J connectivity index is 1.82. The lowest BCUT2D eigenvalue weighted by Crippen LogP contribution is -2.15. The predicted molar refractivity (Wildman–Crippen MR) is 103 cm³/mol. The van der Waals surface area contributed by atoms with Crippen LogP contribution in [0.3, 0.4) is 0 Å². The van der Waals surface area contributed by atoms with Crippen molar-refractivity contribution in [3.05, 3.63) is 29.3 Å². The quantitative estimate of drug-likeness (QED) is 0.535. The number of benzene rings is 1. The van der Waals surface area contributed by atoms with Crippen LogP contribution in [-0.4, -0.2) is 27.8 Å². The molecule has 1 heterocycles. The van der Waals surface area contributed by atoms with Gasteiger partial charge in [0.2, 0.25) is 16.9 Å². The van der Waals surface area contributed by atoms with Crippen molar-refractivity contribution in [2.75, 3.05) is 16.4 Å². The molecule has 1 aromatic carbocycles. The van der Waals surface area contributed by atoms with E-state index >= 15 is 0 Å². The van der Waals surface area contributed by atoms with Crippen molar-refractivity contribution in [3.8, 4) is 0 Å². The monoisotopic (exact) mass is 378 g/mol. The molecule has 0 spiro atoms. The highest BCUT2D eigenvalue weighted by atomic mass is 32.2. The van der Waals surface area contributed by atoms with Gasteiger partial charge in [-0.25, -0.2) is 0 Å². The van der Waals surface area contributed by atoms with Gasteiger partial charge in [0.1, 0.15) is 0 Å². The molecule has 0 saturated heterocycles. The van der Waals surface area contributed by atoms with Crippen molar-refractivity contribution in [1.82, 2.24) is 10.2 Å². The van der Waals surface area contributed by atoms with E-state index in [9.17, 15) is 9.59 Å². The van der Waals surface area contributed by atoms with Crippen molar-refractivity contribution in [3.63, 3.8) is 0 Å². The molecule has 0 unspecified atom stereocenters. The number of aryl methyl sites for hydroxylation is 1. The Hall–Kier alpha value is -1.93. The first kappa shape index (κ1) is 19.4. The SMILES string of the molecule is CCCCC(=O)Nc1nnc(SCC(=O)Nc2cccc(C)c2C)s1. The third-order valence-corrected chi connectivity index (χ3v) is 5.59. The van der Waals surface area contributed by atoms with Crippen LogP contribution in [-0.2, 0) is 9.59 Å². The van der Waals surface area contributed by atoms with Gasteiger partial charge in [-0.1, -0.05) is 48.6 Å². The minimum atomic E-state index is -0.0950. The first-order valence-electron chi connectivity index (χ1n) is 8.11. The van der Waals surface area contributed by atoms with Gasteiger partial charge in [-0.3, -0.25) is 9.59 Å². The van der Waals surface area contributed by atoms with Crippen LogP contribution in [0.1, 0.15) is 37.3 Å². The van der Waals surface area contributed by atoms with E-state index in [1.165, 1.54) is 23.1 Å². The Morgan fingerprint density at radius 3 is 2.72 bits per heavy atom. The van der Waals surface area contributed by atoms with E-state index < -0.39 is 0 Å². The maximum Gasteiger partial charge on any atom is 0.234 e. The number of anilines is 2. The second-order valence-electron chi connectivity index (χ2n) is 5.61. The summed E-state index contributed by atoms with van der Waals surface area (Å²) in [6, 6.07) is 5.82. The first-order valence-corrected chi connectivity index (χ1v) is 9.92. The van der Waals surface area contributed by atoms with E-state index in [1.54, 1.807) is 0 Å². The summed E-state index contributed by atoms with van der Waals surface area (Å²) in [7, 11) is 0. The molecular weight excluding hydrogens is 356 g/mol. The fourth-order valence-corrected chi connectivity index (χ4v) is 3.61. The van der Waals surface area contributed by atoms with E-state index in [0.717, 1.165) is 29.7 Å². The van der Waals surface area contributed by atoms with Gasteiger partial charge < -0.3 is 10.6 Å². The highest BCUT2D eigenvalue weighted by Gasteiger charge is 2.11. The molecule has 0 aliphatic heterocycles. The molecule has 2 amide bonds. The number of nitrogens with zero attached hydrogens (tertiary/aromatic N) is 2. The lowest BCUT2D eigenvalue weighted by Gasteiger charge is -2.09. The van der Waals surface area contributed by atoms with E-state index in [0.29, 0.717) is 15.9 Å². The second kappa shape index (κ2) is 9.53. The number of unbranched alkanes of at least 4 members (excludes halogenated alkanes) is 1. The zero-order chi connectivity index (χ0) is 18.2. The van der Waals surface area contributed by atoms with Gasteiger partial charge in [0.15, 0.2) is 4.34 Å². The topological polar surface area (TPSA) is 84.0 Å². The Labute approximate surface area is 155 Å². The Kier molecular flexibility index (Phi) is 7.39. The van der Waals surface area contributed by atoms with Crippen LogP contribution in [0, 0.1) is 13.8 Å². The lowest BCUT2D eigenvalue weighted by atomic mass is 10.1. The summed E-state index contributed by atoms with van der Waals surface area (Å²) < 4.78 is 0.655. The number of amides is 2. The molecule has 134 valence electrons. The van der Waals surface area contributed by atoms with E-state index in [1.807, 2.05) is 39.0 Å². The highest BCUT2D eigenvalue weighted by Crippen LogP contribution is 2.26. The zero-order valence-corrected chi connectivity index (χ0v) is 16.2. The maximum atomic E-state index is 12.1. The molecule has 0 saturated carbocycles. The number of aromatic nitrogens is 2. The molecule has 0 radical (unpaired) electrons. The predicted octanol–water partition coefficient (Wildman–Crippen LogP) is 4.01. The smallest absolute Gasteiger partial charge is 0.234 e. The van der Waals surface area contributed by atoms with Crippen LogP contribution in [0.2, 0.25) is 0 Å². The maximum absolute atomic E-state index is 12.1. The molecule has 2 N–H and O–H groups in total. The summed E-state index contributed by atoms with van der Waals surface area (Å²) in [5.74, 6) is 0.0934. The number of thioether (sulfide) groups is 1. The van der Waals surface area contributed by atoms with Gasteiger partial charge in [-0.2, -0.15) is 0 Å². The van der Waals surface area contributed by atoms with Crippen molar-refractivity contribution in [2.45, 2.75) is 44.4 Å². The standard InChI is InChI=1S/C17H22N4O2S2/c1-4-5-9-14(22)19-16-20-21-17(25-16)24-10-15(23)18-13-8-6-7-11(2)12(13)3/h6-8H,4-5,9-10H2,1-3H3,(H,18,23)(H,19,20,22). The molecule has 25 heavy (non-hydrogen) atoms. The fourth-order valence-electron chi connectivity index (χ4n) is 2.04. The Morgan fingerprint density at radius 1 is 1.16 bits per heavy atom. The summed E-state index contributed by atoms with van der Waals surface area (Å²) in [5.41, 5.74) is 3.03. The molecule has 0 fully saturated rings. The highest BCUT2D eigenvalue weighted by molar-refractivity contribution is 8.01. The molecule has 0 aliphatic carbocycles. The summed E-state index contributed by atoms with van der Waals surface area (Å²) in [6.07, 6.45) is 2.31. The van der Waals surface area contributed by atoms with Crippen molar-refractivity contribution < 1.29 is 9.59 Å². The summed E-state index contributed by atoms with van der Waals surface area (Å²) in [6.45, 7) is 6.03. The van der Waals surface area contributed by atoms with Gasteiger partial charge in [-0.05, 0) is 37.5 Å². The minimum absolute atomic E-state index is 0.0535. The molecule has 6 nitrogen and oxygen atoms in total. The van der Waals surface area contributed by atoms with Crippen LogP contribution < -0.4 is 10.6 Å². The molecule has 2 aromatic rings. The molecule has 0 aliphatic rings. The lowest BCUT2D eigenvalue weighted by molar-refractivity contribution is -0.116. The van der Waals surface area contributed by atoms with Crippen LogP contribution in [0.25, 0.3) is 0 Å². The minimum Gasteiger partial charge on any atom is -0.325 e. The van der Waals surface area contributed by atoms with Crippen molar-refractivity contribution >= 4 is 45.7 Å². The van der Waals surface area contributed by atoms with Crippen LogP contribution in [0.15, 0.2) is 22.5 Å². The van der Waals surface area contributed by atoms with Gasteiger partial charge in [0, 0.05) is 12.1 Å². The van der Waals surface area contributed by atoms with Crippen LogP contribution >= 0.6 is 23.1 Å². The van der Waals surface area contributed by atoms with Crippen LogP contribution in [0.4, 0.5) is 10.8 Å². The van der Waals surface area contributed by atoms with E-state index in [-0.39, 0.29) is 17.6 Å². The molecule has 0 bridgehead atoms. The first-order chi connectivity index (χ1) is 12.0.